The lowest BCUT2D eigenvalue weighted by Crippen LogP contribution is -2.30. The summed E-state index contributed by atoms with van der Waals surface area (Å²) in [6.07, 6.45) is 1.57. The van der Waals surface area contributed by atoms with Crippen LogP contribution < -0.4 is 15.0 Å². The molecule has 0 aromatic heterocycles. The molecule has 0 spiro atoms. The number of carbonyl (C=O) groups excluding carboxylic acids is 1. The number of carbonyl (C=O) groups is 1. The molecule has 6 heteroatoms. The molecule has 0 atom stereocenters. The van der Waals surface area contributed by atoms with Crippen molar-refractivity contribution in [2.24, 2.45) is 0 Å². The van der Waals surface area contributed by atoms with E-state index >= 15 is 0 Å². The molecule has 1 saturated heterocycles. The fraction of sp³-hybridized carbons (Fsp3) is 0.200. The average Bonchev–Trinajstić information content (AvgIpc) is 2.89. The summed E-state index contributed by atoms with van der Waals surface area (Å²) in [5.74, 6) is -0.205. The SMILES string of the molecule is COc1ccc(/C=C2\NC(=S)N(c3ccc(C(C)C)cc3)C2=O)cc1F. The summed E-state index contributed by atoms with van der Waals surface area (Å²) in [5, 5.41) is 3.20. The van der Waals surface area contributed by atoms with E-state index in [0.717, 1.165) is 0 Å². The third-order valence-corrected chi connectivity index (χ3v) is 4.47. The molecule has 0 radical (unpaired) electrons. The van der Waals surface area contributed by atoms with Crippen LogP contribution in [0.4, 0.5) is 10.1 Å². The predicted octanol–water partition coefficient (Wildman–Crippen LogP) is 4.22. The molecule has 134 valence electrons. The molecule has 4 nitrogen and oxygen atoms in total. The van der Waals surface area contributed by atoms with Gasteiger partial charge in [0, 0.05) is 0 Å². The normalized spacial score (nSPS) is 15.7. The second kappa shape index (κ2) is 7.25. The highest BCUT2D eigenvalue weighted by Gasteiger charge is 2.31. The highest BCUT2D eigenvalue weighted by molar-refractivity contribution is 7.80. The van der Waals surface area contributed by atoms with Crippen LogP contribution in [0.1, 0.15) is 30.9 Å². The van der Waals surface area contributed by atoms with Crippen LogP contribution >= 0.6 is 12.2 Å². The van der Waals surface area contributed by atoms with Crippen molar-refractivity contribution in [2.75, 3.05) is 12.0 Å². The number of thiocarbonyl (C=S) groups is 1. The van der Waals surface area contributed by atoms with Gasteiger partial charge >= 0.3 is 0 Å². The van der Waals surface area contributed by atoms with Gasteiger partial charge in [-0.25, -0.2) is 4.39 Å². The van der Waals surface area contributed by atoms with Crippen molar-refractivity contribution in [3.05, 3.63) is 65.1 Å². The molecular formula is C20H19FN2O2S. The molecule has 1 aliphatic rings. The molecule has 0 aliphatic carbocycles. The van der Waals surface area contributed by atoms with Gasteiger partial charge in [0.25, 0.3) is 5.91 Å². The Morgan fingerprint density at radius 1 is 1.19 bits per heavy atom. The molecule has 1 aliphatic heterocycles. The van der Waals surface area contributed by atoms with Gasteiger partial charge in [-0.3, -0.25) is 9.69 Å². The first-order chi connectivity index (χ1) is 12.4. The maximum atomic E-state index is 13.8. The zero-order valence-corrected chi connectivity index (χ0v) is 15.6. The number of anilines is 1. The molecule has 0 bridgehead atoms. The van der Waals surface area contributed by atoms with E-state index in [0.29, 0.717) is 28.0 Å². The van der Waals surface area contributed by atoms with Crippen LogP contribution in [0.3, 0.4) is 0 Å². The second-order valence-corrected chi connectivity index (χ2v) is 6.66. The van der Waals surface area contributed by atoms with Gasteiger partial charge in [0.1, 0.15) is 5.70 Å². The van der Waals surface area contributed by atoms with E-state index in [-0.39, 0.29) is 11.7 Å². The lowest BCUT2D eigenvalue weighted by atomic mass is 10.0. The summed E-state index contributed by atoms with van der Waals surface area (Å²) < 4.78 is 18.7. The van der Waals surface area contributed by atoms with Gasteiger partial charge < -0.3 is 10.1 Å². The Hall–Kier alpha value is -2.73. The van der Waals surface area contributed by atoms with Gasteiger partial charge in [0.15, 0.2) is 16.7 Å². The minimum absolute atomic E-state index is 0.153. The van der Waals surface area contributed by atoms with Crippen LogP contribution in [-0.4, -0.2) is 18.1 Å². The highest BCUT2D eigenvalue weighted by Crippen LogP contribution is 2.26. The molecule has 2 aromatic rings. The standard InChI is InChI=1S/C20H19FN2O2S/c1-12(2)14-5-7-15(8-6-14)23-19(24)17(22-20(23)26)11-13-4-9-18(25-3)16(21)10-13/h4-12H,1-3H3,(H,22,26)/b17-11-. The smallest absolute Gasteiger partial charge is 0.281 e. The van der Waals surface area contributed by atoms with Crippen molar-refractivity contribution >= 4 is 35.0 Å². The van der Waals surface area contributed by atoms with Crippen LogP contribution in [0, 0.1) is 5.82 Å². The zero-order valence-electron chi connectivity index (χ0n) is 14.7. The van der Waals surface area contributed by atoms with Gasteiger partial charge in [-0.05, 0) is 59.6 Å². The molecule has 0 saturated carbocycles. The average molecular weight is 370 g/mol. The first-order valence-corrected chi connectivity index (χ1v) is 8.62. The molecule has 1 N–H and O–H groups in total. The number of halogens is 1. The van der Waals surface area contributed by atoms with Crippen molar-refractivity contribution in [1.29, 1.82) is 0 Å². The van der Waals surface area contributed by atoms with Gasteiger partial charge in [0.05, 0.1) is 12.8 Å². The Morgan fingerprint density at radius 3 is 2.46 bits per heavy atom. The zero-order chi connectivity index (χ0) is 18.8. The van der Waals surface area contributed by atoms with E-state index in [2.05, 4.69) is 19.2 Å². The molecular weight excluding hydrogens is 351 g/mol. The monoisotopic (exact) mass is 370 g/mol. The number of benzene rings is 2. The molecule has 2 aromatic carbocycles. The fourth-order valence-corrected chi connectivity index (χ4v) is 3.02. The van der Waals surface area contributed by atoms with Crippen molar-refractivity contribution in [3.8, 4) is 5.75 Å². The first-order valence-electron chi connectivity index (χ1n) is 8.21. The van der Waals surface area contributed by atoms with Crippen molar-refractivity contribution in [2.45, 2.75) is 19.8 Å². The van der Waals surface area contributed by atoms with Crippen molar-refractivity contribution in [1.82, 2.24) is 5.32 Å². The lowest BCUT2D eigenvalue weighted by molar-refractivity contribution is -0.113. The van der Waals surface area contributed by atoms with Crippen LogP contribution in [-0.2, 0) is 4.79 Å². The number of hydrogen-bond acceptors (Lipinski definition) is 3. The maximum absolute atomic E-state index is 13.8. The van der Waals surface area contributed by atoms with Crippen LogP contribution in [0.2, 0.25) is 0 Å². The van der Waals surface area contributed by atoms with Gasteiger partial charge in [-0.15, -0.1) is 0 Å². The number of nitrogens with zero attached hydrogens (tertiary/aromatic N) is 1. The maximum Gasteiger partial charge on any atom is 0.281 e. The third-order valence-electron chi connectivity index (χ3n) is 4.18. The summed E-state index contributed by atoms with van der Waals surface area (Å²) in [7, 11) is 1.40. The fourth-order valence-electron chi connectivity index (χ4n) is 2.72. The molecule has 1 heterocycles. The largest absolute Gasteiger partial charge is 0.494 e. The molecule has 0 unspecified atom stereocenters. The van der Waals surface area contributed by atoms with E-state index in [1.54, 1.807) is 12.1 Å². The Kier molecular flexibility index (Phi) is 5.04. The summed E-state index contributed by atoms with van der Waals surface area (Å²) in [5.41, 5.74) is 2.72. The Labute approximate surface area is 157 Å². The predicted molar refractivity (Wildman–Crippen MR) is 105 cm³/mol. The Morgan fingerprint density at radius 2 is 1.88 bits per heavy atom. The van der Waals surface area contributed by atoms with Crippen LogP contribution in [0.15, 0.2) is 48.2 Å². The number of nitrogens with one attached hydrogen (secondary N) is 1. The van der Waals surface area contributed by atoms with E-state index in [9.17, 15) is 9.18 Å². The van der Waals surface area contributed by atoms with Crippen LogP contribution in [0.25, 0.3) is 6.08 Å². The van der Waals surface area contributed by atoms with E-state index in [1.807, 2.05) is 24.3 Å². The summed E-state index contributed by atoms with van der Waals surface area (Å²) in [4.78, 5) is 14.2. The number of methoxy groups -OCH3 is 1. The molecule has 3 rings (SSSR count). The number of hydrogen-bond donors (Lipinski definition) is 1. The quantitative estimate of drug-likeness (QED) is 0.646. The minimum Gasteiger partial charge on any atom is -0.494 e. The van der Waals surface area contributed by atoms with E-state index in [1.165, 1.54) is 29.7 Å². The van der Waals surface area contributed by atoms with E-state index in [4.69, 9.17) is 17.0 Å². The lowest BCUT2D eigenvalue weighted by Gasteiger charge is -2.15. The van der Waals surface area contributed by atoms with E-state index < -0.39 is 5.82 Å². The first kappa shape index (κ1) is 18.1. The number of ether oxygens (including phenoxy) is 1. The van der Waals surface area contributed by atoms with Gasteiger partial charge in [0.2, 0.25) is 0 Å². The molecule has 26 heavy (non-hydrogen) atoms. The summed E-state index contributed by atoms with van der Waals surface area (Å²) in [6, 6.07) is 12.2. The second-order valence-electron chi connectivity index (χ2n) is 6.27. The minimum atomic E-state index is -0.490. The molecule has 1 amide bonds. The Balaban J connectivity index is 1.87. The molecule has 1 fully saturated rings. The number of amides is 1. The topological polar surface area (TPSA) is 41.6 Å². The summed E-state index contributed by atoms with van der Waals surface area (Å²) in [6.45, 7) is 4.22. The number of rotatable bonds is 4. The Bertz CT molecular complexity index is 891. The van der Waals surface area contributed by atoms with Crippen LogP contribution in [0.5, 0.6) is 5.75 Å². The van der Waals surface area contributed by atoms with Crippen molar-refractivity contribution in [3.63, 3.8) is 0 Å². The highest BCUT2D eigenvalue weighted by atomic mass is 32.1. The summed E-state index contributed by atoms with van der Waals surface area (Å²) >= 11 is 5.30. The third kappa shape index (κ3) is 3.46. The van der Waals surface area contributed by atoms with Gasteiger partial charge in [-0.2, -0.15) is 0 Å². The van der Waals surface area contributed by atoms with Gasteiger partial charge in [-0.1, -0.05) is 32.0 Å². The van der Waals surface area contributed by atoms with Crippen molar-refractivity contribution < 1.29 is 13.9 Å².